The van der Waals surface area contributed by atoms with Crippen LogP contribution in [0.2, 0.25) is 0 Å². The van der Waals surface area contributed by atoms with Gasteiger partial charge in [-0.3, -0.25) is 4.90 Å². The van der Waals surface area contributed by atoms with E-state index < -0.39 is 0 Å². The molecule has 1 atom stereocenters. The van der Waals surface area contributed by atoms with Crippen LogP contribution in [0.25, 0.3) is 0 Å². The minimum absolute atomic E-state index is 0.214. The fourth-order valence-electron chi connectivity index (χ4n) is 3.84. The second-order valence-corrected chi connectivity index (χ2v) is 7.04. The van der Waals surface area contributed by atoms with Crippen molar-refractivity contribution in [2.75, 3.05) is 12.3 Å². The third-order valence-corrected chi connectivity index (χ3v) is 5.18. The largest absolute Gasteiger partial charge is 0.399 e. The zero-order valence-corrected chi connectivity index (χ0v) is 13.3. The molecule has 1 saturated carbocycles. The summed E-state index contributed by atoms with van der Waals surface area (Å²) in [6, 6.07) is 9.49. The van der Waals surface area contributed by atoms with Crippen LogP contribution in [0.1, 0.15) is 51.5 Å². The standard InChI is InChI=1S/C18H28N2O/c1-14(2)20(13-15-5-3-6-16(19)11-15)17-7-10-21-18(12-17)8-4-9-18/h3,5-6,11,14,17H,4,7-10,12-13,19H2,1-2H3. The summed E-state index contributed by atoms with van der Waals surface area (Å²) in [5.41, 5.74) is 8.32. The van der Waals surface area contributed by atoms with E-state index in [0.29, 0.717) is 12.1 Å². The molecule has 3 heteroatoms. The lowest BCUT2D eigenvalue weighted by atomic mass is 9.73. The van der Waals surface area contributed by atoms with Crippen LogP contribution in [0.4, 0.5) is 5.69 Å². The number of nitrogen functional groups attached to an aromatic ring is 1. The van der Waals surface area contributed by atoms with Crippen molar-refractivity contribution in [3.05, 3.63) is 29.8 Å². The monoisotopic (exact) mass is 288 g/mol. The average molecular weight is 288 g/mol. The molecule has 1 aromatic rings. The van der Waals surface area contributed by atoms with E-state index in [1.165, 1.54) is 31.2 Å². The van der Waals surface area contributed by atoms with Gasteiger partial charge in [0.05, 0.1) is 5.60 Å². The molecule has 1 unspecified atom stereocenters. The van der Waals surface area contributed by atoms with Crippen LogP contribution < -0.4 is 5.73 Å². The van der Waals surface area contributed by atoms with Crippen LogP contribution in [0.3, 0.4) is 0 Å². The minimum Gasteiger partial charge on any atom is -0.399 e. The molecule has 0 amide bonds. The first-order valence-electron chi connectivity index (χ1n) is 8.32. The summed E-state index contributed by atoms with van der Waals surface area (Å²) in [6.07, 6.45) is 6.21. The van der Waals surface area contributed by atoms with Gasteiger partial charge in [-0.2, -0.15) is 0 Å². The number of anilines is 1. The topological polar surface area (TPSA) is 38.5 Å². The quantitative estimate of drug-likeness (QED) is 0.861. The zero-order valence-electron chi connectivity index (χ0n) is 13.3. The molecule has 1 aromatic carbocycles. The summed E-state index contributed by atoms with van der Waals surface area (Å²) < 4.78 is 6.08. The van der Waals surface area contributed by atoms with Crippen LogP contribution in [0.15, 0.2) is 24.3 Å². The van der Waals surface area contributed by atoms with Gasteiger partial charge in [-0.15, -0.1) is 0 Å². The molecule has 2 fully saturated rings. The number of rotatable bonds is 4. The van der Waals surface area contributed by atoms with Gasteiger partial charge in [-0.1, -0.05) is 12.1 Å². The number of hydrogen-bond acceptors (Lipinski definition) is 3. The van der Waals surface area contributed by atoms with Crippen molar-refractivity contribution in [1.29, 1.82) is 0 Å². The third-order valence-electron chi connectivity index (χ3n) is 5.18. The SMILES string of the molecule is CC(C)N(Cc1cccc(N)c1)C1CCOC2(CCC2)C1. The molecular weight excluding hydrogens is 260 g/mol. The third kappa shape index (κ3) is 3.24. The van der Waals surface area contributed by atoms with E-state index in [4.69, 9.17) is 10.5 Å². The summed E-state index contributed by atoms with van der Waals surface area (Å²) >= 11 is 0. The fraction of sp³-hybridized carbons (Fsp3) is 0.667. The minimum atomic E-state index is 0.214. The van der Waals surface area contributed by atoms with Crippen molar-refractivity contribution in [2.24, 2.45) is 0 Å². The van der Waals surface area contributed by atoms with Gasteiger partial charge in [0, 0.05) is 30.9 Å². The van der Waals surface area contributed by atoms with Crippen molar-refractivity contribution < 1.29 is 4.74 Å². The Hall–Kier alpha value is -1.06. The van der Waals surface area contributed by atoms with E-state index in [1.807, 2.05) is 6.07 Å². The summed E-state index contributed by atoms with van der Waals surface area (Å²) in [4.78, 5) is 2.64. The molecule has 2 aliphatic rings. The Balaban J connectivity index is 1.72. The number of nitrogens with zero attached hydrogens (tertiary/aromatic N) is 1. The van der Waals surface area contributed by atoms with Gasteiger partial charge in [0.1, 0.15) is 0 Å². The second kappa shape index (κ2) is 5.98. The Morgan fingerprint density at radius 3 is 2.81 bits per heavy atom. The smallest absolute Gasteiger partial charge is 0.0697 e. The second-order valence-electron chi connectivity index (χ2n) is 7.04. The molecule has 0 bridgehead atoms. The summed E-state index contributed by atoms with van der Waals surface area (Å²) in [5, 5.41) is 0. The van der Waals surface area contributed by atoms with Gasteiger partial charge in [0.2, 0.25) is 0 Å². The molecule has 21 heavy (non-hydrogen) atoms. The van der Waals surface area contributed by atoms with Crippen molar-refractivity contribution in [1.82, 2.24) is 4.90 Å². The molecule has 1 aliphatic carbocycles. The maximum atomic E-state index is 6.08. The van der Waals surface area contributed by atoms with Crippen LogP contribution in [0, 0.1) is 0 Å². The first-order chi connectivity index (χ1) is 10.1. The molecule has 116 valence electrons. The van der Waals surface area contributed by atoms with Crippen LogP contribution in [-0.2, 0) is 11.3 Å². The molecule has 2 N–H and O–H groups in total. The number of nitrogens with two attached hydrogens (primary N) is 1. The Morgan fingerprint density at radius 2 is 2.19 bits per heavy atom. The van der Waals surface area contributed by atoms with Crippen LogP contribution >= 0.6 is 0 Å². The summed E-state index contributed by atoms with van der Waals surface area (Å²) in [7, 11) is 0. The fourth-order valence-corrected chi connectivity index (χ4v) is 3.84. The molecule has 3 rings (SSSR count). The molecule has 3 nitrogen and oxygen atoms in total. The first kappa shape index (κ1) is 14.9. The lowest BCUT2D eigenvalue weighted by Gasteiger charge is -2.50. The van der Waals surface area contributed by atoms with Gasteiger partial charge in [0.25, 0.3) is 0 Å². The maximum absolute atomic E-state index is 6.08. The van der Waals surface area contributed by atoms with E-state index in [0.717, 1.165) is 25.3 Å². The van der Waals surface area contributed by atoms with E-state index in [2.05, 4.69) is 36.9 Å². The summed E-state index contributed by atoms with van der Waals surface area (Å²) in [6.45, 7) is 6.51. The van der Waals surface area contributed by atoms with E-state index >= 15 is 0 Å². The molecule has 1 spiro atoms. The Kier molecular flexibility index (Phi) is 4.23. The van der Waals surface area contributed by atoms with Gasteiger partial charge in [-0.25, -0.2) is 0 Å². The summed E-state index contributed by atoms with van der Waals surface area (Å²) in [5.74, 6) is 0. The van der Waals surface area contributed by atoms with Crippen molar-refractivity contribution in [3.8, 4) is 0 Å². The van der Waals surface area contributed by atoms with Crippen molar-refractivity contribution >= 4 is 5.69 Å². The zero-order chi connectivity index (χ0) is 14.9. The predicted octanol–water partition coefficient (Wildman–Crippen LogP) is 3.58. The normalized spacial score (nSPS) is 24.5. The highest BCUT2D eigenvalue weighted by molar-refractivity contribution is 5.40. The molecule has 0 aromatic heterocycles. The van der Waals surface area contributed by atoms with Gasteiger partial charge >= 0.3 is 0 Å². The number of ether oxygens (including phenoxy) is 1. The lowest BCUT2D eigenvalue weighted by Crippen LogP contribution is -2.53. The average Bonchev–Trinajstić information content (AvgIpc) is 2.43. The van der Waals surface area contributed by atoms with Gasteiger partial charge in [-0.05, 0) is 63.6 Å². The molecule has 1 saturated heterocycles. The highest BCUT2D eigenvalue weighted by Gasteiger charge is 2.44. The first-order valence-corrected chi connectivity index (χ1v) is 8.32. The number of hydrogen-bond donors (Lipinski definition) is 1. The highest BCUT2D eigenvalue weighted by atomic mass is 16.5. The Bertz CT molecular complexity index is 482. The predicted molar refractivity (Wildman–Crippen MR) is 87.1 cm³/mol. The van der Waals surface area contributed by atoms with E-state index in [-0.39, 0.29) is 5.60 Å². The lowest BCUT2D eigenvalue weighted by molar-refractivity contribution is -0.152. The van der Waals surface area contributed by atoms with Gasteiger partial charge < -0.3 is 10.5 Å². The van der Waals surface area contributed by atoms with E-state index in [1.54, 1.807) is 0 Å². The van der Waals surface area contributed by atoms with E-state index in [9.17, 15) is 0 Å². The number of benzene rings is 1. The van der Waals surface area contributed by atoms with Crippen LogP contribution in [0.5, 0.6) is 0 Å². The molecule has 1 heterocycles. The van der Waals surface area contributed by atoms with Crippen LogP contribution in [-0.4, -0.2) is 29.2 Å². The van der Waals surface area contributed by atoms with Crippen molar-refractivity contribution in [2.45, 2.75) is 70.2 Å². The Morgan fingerprint density at radius 1 is 1.38 bits per heavy atom. The Labute approximate surface area is 128 Å². The molecule has 0 radical (unpaired) electrons. The maximum Gasteiger partial charge on any atom is 0.0697 e. The van der Waals surface area contributed by atoms with Gasteiger partial charge in [0.15, 0.2) is 0 Å². The molecule has 1 aliphatic heterocycles. The van der Waals surface area contributed by atoms with Crippen molar-refractivity contribution in [3.63, 3.8) is 0 Å². The highest BCUT2D eigenvalue weighted by Crippen LogP contribution is 2.43. The molecular formula is C18H28N2O.